The number of nitrogens with one attached hydrogen (secondary N) is 1. The summed E-state index contributed by atoms with van der Waals surface area (Å²) in [6.07, 6.45) is 0. The first kappa shape index (κ1) is 12.7. The zero-order valence-corrected chi connectivity index (χ0v) is 11.1. The van der Waals surface area contributed by atoms with E-state index in [2.05, 4.69) is 20.7 Å². The molecule has 0 saturated carbocycles. The molecule has 0 heterocycles. The van der Waals surface area contributed by atoms with E-state index >= 15 is 0 Å². The van der Waals surface area contributed by atoms with Crippen LogP contribution in [0.15, 0.2) is 29.2 Å². The maximum absolute atomic E-state index is 11.7. The minimum atomic E-state index is -3.35. The van der Waals surface area contributed by atoms with Crippen molar-refractivity contribution in [1.82, 2.24) is 4.72 Å². The van der Waals surface area contributed by atoms with Crippen LogP contribution < -0.4 is 4.72 Å². The van der Waals surface area contributed by atoms with Gasteiger partial charge in [0.15, 0.2) is 0 Å². The van der Waals surface area contributed by atoms with Crippen LogP contribution in [-0.4, -0.2) is 19.8 Å². The third-order valence-electron chi connectivity index (χ3n) is 1.89. The summed E-state index contributed by atoms with van der Waals surface area (Å²) >= 11 is 3.28. The molecule has 1 unspecified atom stereocenters. The second-order valence-corrected chi connectivity index (χ2v) is 6.78. The molecule has 5 heteroatoms. The topological polar surface area (TPSA) is 46.2 Å². The summed E-state index contributed by atoms with van der Waals surface area (Å²) in [4.78, 5) is 0.430. The van der Waals surface area contributed by atoms with Gasteiger partial charge in [0.1, 0.15) is 0 Å². The lowest BCUT2D eigenvalue weighted by Gasteiger charge is -2.07. The second-order valence-electron chi connectivity index (χ2n) is 3.45. The molecule has 0 aliphatic rings. The van der Waals surface area contributed by atoms with Gasteiger partial charge in [-0.2, -0.15) is 0 Å². The van der Waals surface area contributed by atoms with Crippen LogP contribution in [0.5, 0.6) is 0 Å². The van der Waals surface area contributed by atoms with Gasteiger partial charge in [-0.1, -0.05) is 40.5 Å². The van der Waals surface area contributed by atoms with Crippen molar-refractivity contribution in [3.63, 3.8) is 0 Å². The van der Waals surface area contributed by atoms with Gasteiger partial charge in [0.25, 0.3) is 0 Å². The number of sulfonamides is 1. The van der Waals surface area contributed by atoms with Gasteiger partial charge in [-0.15, -0.1) is 0 Å². The number of alkyl halides is 1. The smallest absolute Gasteiger partial charge is 0.210 e. The molecule has 0 aliphatic carbocycles. The molecule has 0 aliphatic heterocycles. The van der Waals surface area contributed by atoms with E-state index < -0.39 is 10.0 Å². The number of aryl methyl sites for hydroxylation is 1. The predicted octanol–water partition coefficient (Wildman–Crippen LogP) is 2.06. The van der Waals surface area contributed by atoms with E-state index in [1.807, 2.05) is 13.8 Å². The molecule has 84 valence electrons. The number of rotatable bonds is 4. The maximum atomic E-state index is 11.7. The minimum absolute atomic E-state index is 0.123. The van der Waals surface area contributed by atoms with Gasteiger partial charge in [-0.25, -0.2) is 13.1 Å². The molecule has 0 bridgehead atoms. The fourth-order valence-electron chi connectivity index (χ4n) is 1.03. The molecule has 1 N–H and O–H groups in total. The first-order valence-electron chi connectivity index (χ1n) is 4.62. The lowest BCUT2D eigenvalue weighted by Crippen LogP contribution is -2.28. The van der Waals surface area contributed by atoms with Crippen molar-refractivity contribution in [1.29, 1.82) is 0 Å². The molecule has 3 nitrogen and oxygen atoms in total. The standard InChI is InChI=1S/C10H14BrNO2S/c1-8-3-5-10(6-4-8)15(13,14)12-7-9(2)11/h3-6,9,12H,7H2,1-2H3. The fourth-order valence-corrected chi connectivity index (χ4v) is 2.53. The number of halogens is 1. The molecule has 0 fully saturated rings. The number of benzene rings is 1. The summed E-state index contributed by atoms with van der Waals surface area (Å²) in [5, 5.41) is 0. The Hall–Kier alpha value is -0.390. The van der Waals surface area contributed by atoms with Crippen LogP contribution in [-0.2, 0) is 10.0 Å². The summed E-state index contributed by atoms with van der Waals surface area (Å²) in [7, 11) is -3.35. The Morgan fingerprint density at radius 3 is 2.33 bits per heavy atom. The third-order valence-corrected chi connectivity index (χ3v) is 3.65. The molecule has 0 saturated heterocycles. The average molecular weight is 292 g/mol. The van der Waals surface area contributed by atoms with Crippen LogP contribution in [0.4, 0.5) is 0 Å². The molecule has 1 aromatic carbocycles. The quantitative estimate of drug-likeness (QED) is 0.863. The van der Waals surface area contributed by atoms with Crippen molar-refractivity contribution in [2.75, 3.05) is 6.54 Å². The molecule has 0 spiro atoms. The Labute approximate surface area is 99.1 Å². The summed E-state index contributed by atoms with van der Waals surface area (Å²) in [6, 6.07) is 6.78. The van der Waals surface area contributed by atoms with E-state index in [0.29, 0.717) is 11.4 Å². The van der Waals surface area contributed by atoms with Gasteiger partial charge < -0.3 is 0 Å². The molecule has 1 rings (SSSR count). The number of hydrogen-bond donors (Lipinski definition) is 1. The molecule has 0 aromatic heterocycles. The molecule has 0 amide bonds. The average Bonchev–Trinajstić information content (AvgIpc) is 2.16. The SMILES string of the molecule is Cc1ccc(S(=O)(=O)NCC(C)Br)cc1. The summed E-state index contributed by atoms with van der Waals surface area (Å²) in [5.41, 5.74) is 1.04. The zero-order valence-electron chi connectivity index (χ0n) is 8.70. The van der Waals surface area contributed by atoms with Crippen LogP contribution in [0.1, 0.15) is 12.5 Å². The fraction of sp³-hybridized carbons (Fsp3) is 0.400. The van der Waals surface area contributed by atoms with Gasteiger partial charge in [0.05, 0.1) is 4.90 Å². The van der Waals surface area contributed by atoms with E-state index in [0.717, 1.165) is 5.56 Å². The third kappa shape index (κ3) is 3.93. The van der Waals surface area contributed by atoms with Crippen molar-refractivity contribution in [2.45, 2.75) is 23.6 Å². The number of hydrogen-bond acceptors (Lipinski definition) is 2. The van der Waals surface area contributed by atoms with E-state index in [-0.39, 0.29) is 4.83 Å². The largest absolute Gasteiger partial charge is 0.240 e. The van der Waals surface area contributed by atoms with Gasteiger partial charge in [0, 0.05) is 11.4 Å². The van der Waals surface area contributed by atoms with Crippen LogP contribution in [0.2, 0.25) is 0 Å². The van der Waals surface area contributed by atoms with E-state index in [1.54, 1.807) is 24.3 Å². The van der Waals surface area contributed by atoms with Crippen LogP contribution >= 0.6 is 15.9 Å². The van der Waals surface area contributed by atoms with Crippen molar-refractivity contribution in [3.8, 4) is 0 Å². The highest BCUT2D eigenvalue weighted by Crippen LogP contribution is 2.10. The van der Waals surface area contributed by atoms with Gasteiger partial charge in [-0.3, -0.25) is 0 Å². The highest BCUT2D eigenvalue weighted by molar-refractivity contribution is 9.09. The lowest BCUT2D eigenvalue weighted by molar-refractivity contribution is 0.581. The lowest BCUT2D eigenvalue weighted by atomic mass is 10.2. The zero-order chi connectivity index (χ0) is 11.5. The maximum Gasteiger partial charge on any atom is 0.240 e. The minimum Gasteiger partial charge on any atom is -0.210 e. The molecule has 1 atom stereocenters. The predicted molar refractivity (Wildman–Crippen MR) is 64.8 cm³/mol. The van der Waals surface area contributed by atoms with Crippen LogP contribution in [0.25, 0.3) is 0 Å². The van der Waals surface area contributed by atoms with Gasteiger partial charge in [-0.05, 0) is 19.1 Å². The van der Waals surface area contributed by atoms with Crippen molar-refractivity contribution < 1.29 is 8.42 Å². The van der Waals surface area contributed by atoms with Gasteiger partial charge >= 0.3 is 0 Å². The Morgan fingerprint density at radius 1 is 1.33 bits per heavy atom. The van der Waals surface area contributed by atoms with E-state index in [9.17, 15) is 8.42 Å². The first-order valence-corrected chi connectivity index (χ1v) is 7.02. The van der Waals surface area contributed by atoms with Crippen LogP contribution in [0.3, 0.4) is 0 Å². The summed E-state index contributed by atoms with van der Waals surface area (Å²) in [5.74, 6) is 0. The Bertz CT molecular complexity index is 412. The molecule has 0 radical (unpaired) electrons. The Kier molecular flexibility index (Phi) is 4.31. The first-order chi connectivity index (χ1) is 6.92. The van der Waals surface area contributed by atoms with E-state index in [1.165, 1.54) is 0 Å². The molecule has 15 heavy (non-hydrogen) atoms. The highest BCUT2D eigenvalue weighted by Gasteiger charge is 2.13. The molecular weight excluding hydrogens is 278 g/mol. The second kappa shape index (κ2) is 5.09. The van der Waals surface area contributed by atoms with Crippen molar-refractivity contribution >= 4 is 26.0 Å². The van der Waals surface area contributed by atoms with Crippen LogP contribution in [0, 0.1) is 6.92 Å². The van der Waals surface area contributed by atoms with E-state index in [4.69, 9.17) is 0 Å². The highest BCUT2D eigenvalue weighted by atomic mass is 79.9. The summed E-state index contributed by atoms with van der Waals surface area (Å²) in [6.45, 7) is 4.19. The molecule has 1 aromatic rings. The Balaban J connectivity index is 2.82. The molecular formula is C10H14BrNO2S. The van der Waals surface area contributed by atoms with Crippen molar-refractivity contribution in [2.24, 2.45) is 0 Å². The van der Waals surface area contributed by atoms with Crippen molar-refractivity contribution in [3.05, 3.63) is 29.8 Å². The summed E-state index contributed by atoms with van der Waals surface area (Å²) < 4.78 is 26.0. The monoisotopic (exact) mass is 291 g/mol. The Morgan fingerprint density at radius 2 is 1.87 bits per heavy atom. The van der Waals surface area contributed by atoms with Gasteiger partial charge in [0.2, 0.25) is 10.0 Å². The normalized spacial score (nSPS) is 13.8.